The highest BCUT2D eigenvalue weighted by atomic mass is 35.5. The maximum atomic E-state index is 10.7. The summed E-state index contributed by atoms with van der Waals surface area (Å²) >= 11 is 22.6. The van der Waals surface area contributed by atoms with Gasteiger partial charge in [0.05, 0.1) is 31.2 Å². The number of benzene rings is 3. The quantitative estimate of drug-likeness (QED) is 0.396. The van der Waals surface area contributed by atoms with E-state index in [0.717, 1.165) is 10.9 Å². The maximum Gasteiger partial charge on any atom is 0.363 e. The van der Waals surface area contributed by atoms with Crippen molar-refractivity contribution in [1.29, 1.82) is 0 Å². The predicted octanol–water partition coefficient (Wildman–Crippen LogP) is 6.14. The molecular weight excluding hydrogens is 513 g/mol. The summed E-state index contributed by atoms with van der Waals surface area (Å²) in [6, 6.07) is 15.5. The lowest BCUT2D eigenvalue weighted by Crippen LogP contribution is -2.12. The lowest BCUT2D eigenvalue weighted by molar-refractivity contribution is 0.0992. The molecule has 168 valence electrons. The van der Waals surface area contributed by atoms with E-state index in [0.29, 0.717) is 0 Å². The molecule has 3 aromatic carbocycles. The number of carbonyl (C=O) groups is 2. The zero-order valence-corrected chi connectivity index (χ0v) is 21.1. The summed E-state index contributed by atoms with van der Waals surface area (Å²) in [6.45, 7) is 3.97. The molecule has 0 fully saturated rings. The molecule has 0 saturated carbocycles. The van der Waals surface area contributed by atoms with Crippen molar-refractivity contribution >= 4 is 72.0 Å². The molecule has 1 unspecified atom stereocenters. The monoisotopic (exact) mass is 531 g/mol. The number of primary amides is 2. The van der Waals surface area contributed by atoms with Crippen LogP contribution in [0.3, 0.4) is 0 Å². The van der Waals surface area contributed by atoms with Crippen LogP contribution in [0.1, 0.15) is 31.8 Å². The van der Waals surface area contributed by atoms with Gasteiger partial charge in [-0.15, -0.1) is 0 Å². The predicted molar refractivity (Wildman–Crippen MR) is 135 cm³/mol. The molecule has 0 saturated heterocycles. The third kappa shape index (κ3) is 8.42. The first-order valence-corrected chi connectivity index (χ1v) is 11.3. The van der Waals surface area contributed by atoms with Crippen LogP contribution in [0.4, 0.5) is 0 Å². The van der Waals surface area contributed by atoms with Gasteiger partial charge in [-0.1, -0.05) is 75.2 Å². The van der Waals surface area contributed by atoms with Gasteiger partial charge in [0.2, 0.25) is 0 Å². The Labute approximate surface area is 207 Å². The smallest absolute Gasteiger partial charge is 0.363 e. The van der Waals surface area contributed by atoms with E-state index in [1.165, 1.54) is 5.56 Å². The van der Waals surface area contributed by atoms with E-state index in [1.54, 1.807) is 36.4 Å². The normalized spacial score (nSPS) is 9.81. The fourth-order valence-electron chi connectivity index (χ4n) is 2.31. The lowest BCUT2D eigenvalue weighted by Gasteiger charge is -2.00. The summed E-state index contributed by atoms with van der Waals surface area (Å²) < 4.78 is 10.5. The van der Waals surface area contributed by atoms with E-state index in [9.17, 15) is 14.2 Å². The highest BCUT2D eigenvalue weighted by Gasteiger charge is 2.10. The fraction of sp³-hybridized carbons (Fsp3) is 0.0909. The van der Waals surface area contributed by atoms with E-state index < -0.39 is 11.8 Å². The second-order valence-electron chi connectivity index (χ2n) is 6.34. The van der Waals surface area contributed by atoms with Gasteiger partial charge < -0.3 is 11.5 Å². The third-order valence-corrected chi connectivity index (χ3v) is 5.94. The first-order chi connectivity index (χ1) is 15.0. The number of nitrogens with two attached hydrogens (primary N) is 2. The Hall–Kier alpha value is -2.14. The van der Waals surface area contributed by atoms with Crippen LogP contribution >= 0.6 is 54.9 Å². The van der Waals surface area contributed by atoms with Crippen LogP contribution < -0.4 is 16.8 Å². The van der Waals surface area contributed by atoms with Gasteiger partial charge in [-0.3, -0.25) is 9.59 Å². The highest BCUT2D eigenvalue weighted by molar-refractivity contribution is 7.34. The van der Waals surface area contributed by atoms with Gasteiger partial charge in [0, 0.05) is 5.56 Å². The Bertz CT molecular complexity index is 1040. The summed E-state index contributed by atoms with van der Waals surface area (Å²) in [5, 5.41) is 2.07. The standard InChI is InChI=1S/C8H9OP.2C7H5Cl2NO/c1-6-3-4-7(2)8(5-6)10-9;2*8-4-2-1-3-5(9)6(4)7(10)11/h3-5H,1-2H3;2*1-3H,(H2,10,11)/p+1. The van der Waals surface area contributed by atoms with Crippen LogP contribution in [0.25, 0.3) is 0 Å². The number of aryl methyl sites for hydroxylation is 2. The molecule has 0 radical (unpaired) electrons. The average Bonchev–Trinajstić information content (AvgIpc) is 2.70. The van der Waals surface area contributed by atoms with Crippen LogP contribution in [-0.4, -0.2) is 11.8 Å². The van der Waals surface area contributed by atoms with E-state index in [2.05, 4.69) is 0 Å². The molecule has 4 N–H and O–H groups in total. The van der Waals surface area contributed by atoms with E-state index >= 15 is 0 Å². The number of rotatable bonds is 3. The molecule has 3 aromatic rings. The average molecular weight is 533 g/mol. The second-order valence-corrected chi connectivity index (χ2v) is 8.71. The Morgan fingerprint density at radius 1 is 0.719 bits per heavy atom. The van der Waals surface area contributed by atoms with E-state index in [1.807, 2.05) is 32.0 Å². The Morgan fingerprint density at radius 2 is 1.09 bits per heavy atom. The summed E-state index contributed by atoms with van der Waals surface area (Å²) in [4.78, 5) is 21.4. The van der Waals surface area contributed by atoms with Crippen molar-refractivity contribution in [3.05, 3.63) is 96.9 Å². The molecule has 0 bridgehead atoms. The van der Waals surface area contributed by atoms with Crippen molar-refractivity contribution in [3.8, 4) is 0 Å². The van der Waals surface area contributed by atoms with Gasteiger partial charge in [-0.25, -0.2) is 0 Å². The molecule has 0 aromatic heterocycles. The Morgan fingerprint density at radius 3 is 1.34 bits per heavy atom. The van der Waals surface area contributed by atoms with Gasteiger partial charge >= 0.3 is 8.46 Å². The van der Waals surface area contributed by atoms with Gasteiger partial charge in [0.25, 0.3) is 11.8 Å². The minimum atomic E-state index is -0.611. The van der Waals surface area contributed by atoms with Crippen molar-refractivity contribution in [1.82, 2.24) is 0 Å². The summed E-state index contributed by atoms with van der Waals surface area (Å²) in [6.07, 6.45) is 0. The fourth-order valence-corrected chi connectivity index (χ4v) is 4.01. The van der Waals surface area contributed by atoms with Crippen LogP contribution in [0.15, 0.2) is 54.6 Å². The van der Waals surface area contributed by atoms with Gasteiger partial charge in [-0.05, 0) is 49.7 Å². The van der Waals surface area contributed by atoms with Crippen LogP contribution in [0.5, 0.6) is 0 Å². The minimum Gasteiger partial charge on any atom is -0.366 e. The Kier molecular flexibility index (Phi) is 11.7. The number of halogens is 4. The minimum absolute atomic E-state index is 0.177. The summed E-state index contributed by atoms with van der Waals surface area (Å²) in [5.41, 5.74) is 12.6. The number of hydrogen-bond acceptors (Lipinski definition) is 3. The number of carbonyl (C=O) groups excluding carboxylic acids is 2. The lowest BCUT2D eigenvalue weighted by atomic mass is 10.2. The molecule has 1 atom stereocenters. The van der Waals surface area contributed by atoms with Crippen molar-refractivity contribution in [2.75, 3.05) is 0 Å². The molecule has 0 aliphatic carbocycles. The first-order valence-electron chi connectivity index (χ1n) is 8.92. The van der Waals surface area contributed by atoms with Crippen LogP contribution in [-0.2, 0) is 4.57 Å². The van der Waals surface area contributed by atoms with Crippen molar-refractivity contribution in [2.24, 2.45) is 11.5 Å². The maximum absolute atomic E-state index is 10.7. The van der Waals surface area contributed by atoms with Crippen molar-refractivity contribution in [2.45, 2.75) is 13.8 Å². The molecule has 0 aliphatic heterocycles. The molecule has 3 rings (SSSR count). The number of amides is 2. The SMILES string of the molecule is Cc1ccc(C)c([PH+]=O)c1.NC(=O)c1c(Cl)cccc1Cl.NC(=O)c1c(Cl)cccc1Cl. The topological polar surface area (TPSA) is 103 Å². The summed E-state index contributed by atoms with van der Waals surface area (Å²) in [5.74, 6) is -1.22. The molecule has 0 aliphatic rings. The second kappa shape index (κ2) is 13.4. The van der Waals surface area contributed by atoms with Crippen molar-refractivity contribution in [3.63, 3.8) is 0 Å². The van der Waals surface area contributed by atoms with E-state index in [-0.39, 0.29) is 39.7 Å². The molecular formula is C22H20Cl4N2O3P+. The first kappa shape index (κ1) is 27.9. The molecule has 0 heterocycles. The molecule has 5 nitrogen and oxygen atoms in total. The zero-order chi connectivity index (χ0) is 24.4. The van der Waals surface area contributed by atoms with Crippen LogP contribution in [0.2, 0.25) is 20.1 Å². The van der Waals surface area contributed by atoms with Crippen molar-refractivity contribution < 1.29 is 14.2 Å². The molecule has 2 amide bonds. The highest BCUT2D eigenvalue weighted by Crippen LogP contribution is 2.23. The van der Waals surface area contributed by atoms with E-state index in [4.69, 9.17) is 57.9 Å². The third-order valence-electron chi connectivity index (χ3n) is 3.92. The number of hydrogen-bond donors (Lipinski definition) is 2. The molecule has 32 heavy (non-hydrogen) atoms. The van der Waals surface area contributed by atoms with Gasteiger partial charge in [0.1, 0.15) is 0 Å². The van der Waals surface area contributed by atoms with Gasteiger partial charge in [0.15, 0.2) is 5.30 Å². The van der Waals surface area contributed by atoms with Gasteiger partial charge in [-0.2, -0.15) is 0 Å². The largest absolute Gasteiger partial charge is 0.366 e. The zero-order valence-electron chi connectivity index (χ0n) is 17.1. The molecule has 0 spiro atoms. The molecule has 10 heteroatoms. The van der Waals surface area contributed by atoms with Crippen LogP contribution in [0, 0.1) is 13.8 Å². The Balaban J connectivity index is 0.000000240. The summed E-state index contributed by atoms with van der Waals surface area (Å²) in [7, 11) is -0.325.